The van der Waals surface area contributed by atoms with Crippen LogP contribution in [0.2, 0.25) is 0 Å². The van der Waals surface area contributed by atoms with E-state index in [1.807, 2.05) is 6.92 Å². The third-order valence-electron chi connectivity index (χ3n) is 4.66. The van der Waals surface area contributed by atoms with Crippen LogP contribution in [0.4, 0.5) is 5.69 Å². The van der Waals surface area contributed by atoms with E-state index in [1.165, 1.54) is 24.9 Å². The highest BCUT2D eigenvalue weighted by Crippen LogP contribution is 2.20. The van der Waals surface area contributed by atoms with Crippen molar-refractivity contribution in [2.24, 2.45) is 5.10 Å². The number of ether oxygens (including phenoxy) is 1. The molecular formula is C21H25N3O2. The molecule has 1 fully saturated rings. The minimum atomic E-state index is -0.256. The fourth-order valence-corrected chi connectivity index (χ4v) is 3.09. The number of carbonyl (C=O) groups excluding carboxylic acids is 1. The van der Waals surface area contributed by atoms with Gasteiger partial charge in [0, 0.05) is 24.3 Å². The van der Waals surface area contributed by atoms with Gasteiger partial charge in [0.15, 0.2) is 0 Å². The van der Waals surface area contributed by atoms with E-state index in [0.29, 0.717) is 11.3 Å². The molecule has 5 nitrogen and oxygen atoms in total. The Morgan fingerprint density at radius 3 is 2.46 bits per heavy atom. The van der Waals surface area contributed by atoms with Gasteiger partial charge in [0.1, 0.15) is 5.75 Å². The van der Waals surface area contributed by atoms with Gasteiger partial charge in [-0.1, -0.05) is 18.2 Å². The molecule has 0 spiro atoms. The number of rotatable bonds is 5. The van der Waals surface area contributed by atoms with Gasteiger partial charge in [0.2, 0.25) is 0 Å². The third kappa shape index (κ3) is 4.42. The van der Waals surface area contributed by atoms with Gasteiger partial charge < -0.3 is 9.64 Å². The number of anilines is 1. The van der Waals surface area contributed by atoms with E-state index in [2.05, 4.69) is 39.7 Å². The zero-order valence-electron chi connectivity index (χ0n) is 15.4. The Hall–Kier alpha value is -2.82. The summed E-state index contributed by atoms with van der Waals surface area (Å²) in [6.07, 6.45) is 3.85. The van der Waals surface area contributed by atoms with E-state index in [9.17, 15) is 4.79 Å². The van der Waals surface area contributed by atoms with Crippen LogP contribution in [0.15, 0.2) is 53.6 Å². The molecule has 2 aromatic rings. The summed E-state index contributed by atoms with van der Waals surface area (Å²) in [5.41, 5.74) is 6.14. The lowest BCUT2D eigenvalue weighted by atomic mass is 10.1. The number of nitrogens with one attached hydrogen (secondary N) is 1. The maximum absolute atomic E-state index is 12.2. The number of nitrogens with zero attached hydrogens (tertiary/aromatic N) is 2. The summed E-state index contributed by atoms with van der Waals surface area (Å²) in [7, 11) is 1.58. The number of hydrogen-bond donors (Lipinski definition) is 1. The molecule has 0 radical (unpaired) electrons. The van der Waals surface area contributed by atoms with Crippen LogP contribution < -0.4 is 15.1 Å². The van der Waals surface area contributed by atoms with E-state index in [0.717, 1.165) is 24.4 Å². The molecule has 5 heteroatoms. The van der Waals surface area contributed by atoms with Gasteiger partial charge in [-0.2, -0.15) is 5.10 Å². The van der Waals surface area contributed by atoms with Crippen molar-refractivity contribution >= 4 is 17.3 Å². The van der Waals surface area contributed by atoms with Gasteiger partial charge in [0.25, 0.3) is 5.91 Å². The Morgan fingerprint density at radius 2 is 1.77 bits per heavy atom. The first kappa shape index (κ1) is 18.0. The van der Waals surface area contributed by atoms with E-state index in [-0.39, 0.29) is 5.91 Å². The Labute approximate surface area is 154 Å². The quantitative estimate of drug-likeness (QED) is 0.658. The normalized spacial score (nSPS) is 14.8. The van der Waals surface area contributed by atoms with Crippen LogP contribution in [-0.2, 0) is 0 Å². The molecule has 1 N–H and O–H groups in total. The highest BCUT2D eigenvalue weighted by atomic mass is 16.5. The zero-order valence-corrected chi connectivity index (χ0v) is 15.4. The molecule has 1 aliphatic heterocycles. The van der Waals surface area contributed by atoms with Gasteiger partial charge >= 0.3 is 0 Å². The molecule has 0 bridgehead atoms. The molecule has 0 aromatic heterocycles. The second-order valence-corrected chi connectivity index (χ2v) is 6.46. The van der Waals surface area contributed by atoms with Crippen LogP contribution >= 0.6 is 0 Å². The van der Waals surface area contributed by atoms with Gasteiger partial charge in [-0.15, -0.1) is 0 Å². The molecule has 3 rings (SSSR count). The van der Waals surface area contributed by atoms with Crippen LogP contribution in [0.1, 0.15) is 42.1 Å². The predicted octanol–water partition coefficient (Wildman–Crippen LogP) is 3.84. The number of amides is 1. The topological polar surface area (TPSA) is 53.9 Å². The third-order valence-corrected chi connectivity index (χ3v) is 4.66. The largest absolute Gasteiger partial charge is 0.497 e. The first-order chi connectivity index (χ1) is 12.7. The second-order valence-electron chi connectivity index (χ2n) is 6.46. The van der Waals surface area contributed by atoms with Crippen molar-refractivity contribution in [2.45, 2.75) is 26.2 Å². The molecule has 1 saturated heterocycles. The van der Waals surface area contributed by atoms with E-state index in [4.69, 9.17) is 4.74 Å². The minimum Gasteiger partial charge on any atom is -0.497 e. The van der Waals surface area contributed by atoms with Gasteiger partial charge in [-0.25, -0.2) is 5.43 Å². The lowest BCUT2D eigenvalue weighted by Crippen LogP contribution is -2.29. The van der Waals surface area contributed by atoms with E-state index in [1.54, 1.807) is 31.4 Å². The van der Waals surface area contributed by atoms with Crippen LogP contribution in [0.5, 0.6) is 5.75 Å². The molecule has 1 heterocycles. The SMILES string of the molecule is COc1cccc(C(=O)N/N=C(/C)c2ccc(N3CCCCC3)cc2)c1. The number of methoxy groups -OCH3 is 1. The summed E-state index contributed by atoms with van der Waals surface area (Å²) in [4.78, 5) is 14.6. The van der Waals surface area contributed by atoms with Crippen molar-refractivity contribution in [3.63, 3.8) is 0 Å². The van der Waals surface area contributed by atoms with Crippen molar-refractivity contribution < 1.29 is 9.53 Å². The first-order valence-corrected chi connectivity index (χ1v) is 9.01. The van der Waals surface area contributed by atoms with E-state index < -0.39 is 0 Å². The summed E-state index contributed by atoms with van der Waals surface area (Å²) < 4.78 is 5.14. The molecule has 2 aromatic carbocycles. The van der Waals surface area contributed by atoms with Crippen molar-refractivity contribution in [1.29, 1.82) is 0 Å². The first-order valence-electron chi connectivity index (χ1n) is 9.01. The van der Waals surface area contributed by atoms with Gasteiger partial charge in [-0.3, -0.25) is 4.79 Å². The molecule has 136 valence electrons. The van der Waals surface area contributed by atoms with Crippen molar-refractivity contribution in [3.05, 3.63) is 59.7 Å². The fraction of sp³-hybridized carbons (Fsp3) is 0.333. The molecule has 0 unspecified atom stereocenters. The average molecular weight is 351 g/mol. The highest BCUT2D eigenvalue weighted by Gasteiger charge is 2.11. The summed E-state index contributed by atoms with van der Waals surface area (Å²) in [5, 5.41) is 4.23. The molecule has 0 aliphatic carbocycles. The van der Waals surface area contributed by atoms with Crippen molar-refractivity contribution in [3.8, 4) is 5.75 Å². The Kier molecular flexibility index (Phi) is 5.89. The minimum absolute atomic E-state index is 0.256. The fourth-order valence-electron chi connectivity index (χ4n) is 3.09. The Balaban J connectivity index is 1.64. The predicted molar refractivity (Wildman–Crippen MR) is 105 cm³/mol. The second kappa shape index (κ2) is 8.52. The lowest BCUT2D eigenvalue weighted by Gasteiger charge is -2.28. The zero-order chi connectivity index (χ0) is 18.4. The summed E-state index contributed by atoms with van der Waals surface area (Å²) in [6, 6.07) is 15.4. The molecular weight excluding hydrogens is 326 g/mol. The number of hydrazone groups is 1. The monoisotopic (exact) mass is 351 g/mol. The number of piperidine rings is 1. The van der Waals surface area contributed by atoms with Crippen molar-refractivity contribution in [2.75, 3.05) is 25.1 Å². The standard InChI is InChI=1S/C21H25N3O2/c1-16(22-23-21(25)18-7-6-8-20(15-18)26-2)17-9-11-19(12-10-17)24-13-4-3-5-14-24/h6-12,15H,3-5,13-14H2,1-2H3,(H,23,25)/b22-16-. The molecule has 0 saturated carbocycles. The smallest absolute Gasteiger partial charge is 0.271 e. The molecule has 1 aliphatic rings. The number of benzene rings is 2. The summed E-state index contributed by atoms with van der Waals surface area (Å²) >= 11 is 0. The summed E-state index contributed by atoms with van der Waals surface area (Å²) in [5.74, 6) is 0.389. The van der Waals surface area contributed by atoms with Crippen LogP contribution in [0.3, 0.4) is 0 Å². The molecule has 0 atom stereocenters. The van der Waals surface area contributed by atoms with Crippen LogP contribution in [0.25, 0.3) is 0 Å². The number of hydrogen-bond acceptors (Lipinski definition) is 4. The summed E-state index contributed by atoms with van der Waals surface area (Å²) in [6.45, 7) is 4.15. The molecule has 26 heavy (non-hydrogen) atoms. The Bertz CT molecular complexity index is 778. The number of carbonyl (C=O) groups is 1. The lowest BCUT2D eigenvalue weighted by molar-refractivity contribution is 0.0954. The van der Waals surface area contributed by atoms with Crippen LogP contribution in [-0.4, -0.2) is 31.8 Å². The van der Waals surface area contributed by atoms with Crippen LogP contribution in [0, 0.1) is 0 Å². The van der Waals surface area contributed by atoms with Gasteiger partial charge in [-0.05, 0) is 62.1 Å². The maximum Gasteiger partial charge on any atom is 0.271 e. The highest BCUT2D eigenvalue weighted by molar-refractivity contribution is 6.01. The molecule has 1 amide bonds. The van der Waals surface area contributed by atoms with E-state index >= 15 is 0 Å². The Morgan fingerprint density at radius 1 is 1.04 bits per heavy atom. The maximum atomic E-state index is 12.2. The van der Waals surface area contributed by atoms with Crippen molar-refractivity contribution in [1.82, 2.24) is 5.43 Å². The van der Waals surface area contributed by atoms with Gasteiger partial charge in [0.05, 0.1) is 12.8 Å². The average Bonchev–Trinajstić information content (AvgIpc) is 2.72.